The number of nitrogens with zero attached hydrogens (tertiary/aromatic N) is 2. The van der Waals surface area contributed by atoms with Gasteiger partial charge in [-0.25, -0.2) is 0 Å². The minimum Gasteiger partial charge on any atom is -0.390 e. The molecule has 2 fully saturated rings. The molecule has 1 aliphatic heterocycles. The van der Waals surface area contributed by atoms with Gasteiger partial charge in [0.05, 0.1) is 5.60 Å². The summed E-state index contributed by atoms with van der Waals surface area (Å²) in [5.41, 5.74) is 1.40. The molecular formula is C21H26N2O3. The lowest BCUT2D eigenvalue weighted by Gasteiger charge is -2.40. The van der Waals surface area contributed by atoms with Crippen LogP contribution in [-0.2, 0) is 0 Å². The smallest absolute Gasteiger partial charge is 0.259 e. The fourth-order valence-electron chi connectivity index (χ4n) is 4.81. The first kappa shape index (κ1) is 17.3. The molecule has 0 spiro atoms. The van der Waals surface area contributed by atoms with Gasteiger partial charge in [0.15, 0.2) is 0 Å². The lowest BCUT2D eigenvalue weighted by molar-refractivity contribution is -0.0609. The van der Waals surface area contributed by atoms with E-state index in [0.29, 0.717) is 36.0 Å². The Balaban J connectivity index is 1.63. The third-order valence-corrected chi connectivity index (χ3v) is 6.34. The van der Waals surface area contributed by atoms with Crippen LogP contribution in [0.4, 0.5) is 0 Å². The molecule has 1 aromatic carbocycles. The van der Waals surface area contributed by atoms with Gasteiger partial charge in [-0.1, -0.05) is 48.8 Å². The number of rotatable bonds is 3. The van der Waals surface area contributed by atoms with E-state index in [2.05, 4.69) is 5.16 Å². The van der Waals surface area contributed by atoms with E-state index < -0.39 is 5.60 Å². The number of aryl methyl sites for hydroxylation is 1. The van der Waals surface area contributed by atoms with Gasteiger partial charge in [-0.15, -0.1) is 0 Å². The zero-order valence-electron chi connectivity index (χ0n) is 15.4. The van der Waals surface area contributed by atoms with E-state index in [-0.39, 0.29) is 11.8 Å². The SMILES string of the molecule is CC[C@]1(O)CCC[C@H]2CN(C(=O)c3c(-c4ccccc4)noc3C)C[C@H]21. The number of carbonyl (C=O) groups is 1. The van der Waals surface area contributed by atoms with Crippen molar-refractivity contribution in [2.24, 2.45) is 11.8 Å². The van der Waals surface area contributed by atoms with Crippen molar-refractivity contribution in [2.75, 3.05) is 13.1 Å². The molecule has 0 radical (unpaired) electrons. The van der Waals surface area contributed by atoms with Gasteiger partial charge in [-0.3, -0.25) is 4.79 Å². The Bertz CT molecular complexity index is 801. The van der Waals surface area contributed by atoms with Crippen LogP contribution < -0.4 is 0 Å². The molecule has 138 valence electrons. The number of hydrogen-bond acceptors (Lipinski definition) is 4. The van der Waals surface area contributed by atoms with E-state index in [4.69, 9.17) is 4.52 Å². The van der Waals surface area contributed by atoms with Gasteiger partial charge in [0.25, 0.3) is 5.91 Å². The third kappa shape index (κ3) is 2.75. The molecule has 1 N–H and O–H groups in total. The van der Waals surface area contributed by atoms with Crippen molar-refractivity contribution >= 4 is 5.91 Å². The van der Waals surface area contributed by atoms with E-state index in [1.54, 1.807) is 6.92 Å². The second-order valence-corrected chi connectivity index (χ2v) is 7.75. The van der Waals surface area contributed by atoms with Crippen LogP contribution in [0.3, 0.4) is 0 Å². The number of hydrogen-bond donors (Lipinski definition) is 1. The molecule has 5 heteroatoms. The summed E-state index contributed by atoms with van der Waals surface area (Å²) in [4.78, 5) is 15.2. The summed E-state index contributed by atoms with van der Waals surface area (Å²) in [6, 6.07) is 9.68. The molecule has 1 saturated carbocycles. The maximum atomic E-state index is 13.3. The van der Waals surface area contributed by atoms with E-state index in [1.807, 2.05) is 42.2 Å². The summed E-state index contributed by atoms with van der Waals surface area (Å²) in [5, 5.41) is 15.1. The minimum absolute atomic E-state index is 0.0320. The van der Waals surface area contributed by atoms with Crippen LogP contribution in [0.25, 0.3) is 11.3 Å². The van der Waals surface area contributed by atoms with E-state index in [0.717, 1.165) is 31.2 Å². The van der Waals surface area contributed by atoms with Crippen LogP contribution in [0.15, 0.2) is 34.9 Å². The Labute approximate surface area is 154 Å². The quantitative estimate of drug-likeness (QED) is 0.913. The van der Waals surface area contributed by atoms with Crippen molar-refractivity contribution in [1.29, 1.82) is 0 Å². The van der Waals surface area contributed by atoms with Crippen LogP contribution in [0.5, 0.6) is 0 Å². The number of likely N-dealkylation sites (tertiary alicyclic amines) is 1. The number of amides is 1. The molecule has 1 amide bonds. The summed E-state index contributed by atoms with van der Waals surface area (Å²) in [6.45, 7) is 5.17. The lowest BCUT2D eigenvalue weighted by Crippen LogP contribution is -2.44. The molecule has 4 rings (SSSR count). The molecule has 2 heterocycles. The van der Waals surface area contributed by atoms with Crippen LogP contribution in [0, 0.1) is 18.8 Å². The molecule has 5 nitrogen and oxygen atoms in total. The van der Waals surface area contributed by atoms with Crippen LogP contribution in [-0.4, -0.2) is 39.8 Å². The van der Waals surface area contributed by atoms with Crippen molar-refractivity contribution in [3.63, 3.8) is 0 Å². The van der Waals surface area contributed by atoms with Gasteiger partial charge < -0.3 is 14.5 Å². The highest BCUT2D eigenvalue weighted by Gasteiger charge is 2.49. The van der Waals surface area contributed by atoms with Crippen molar-refractivity contribution in [3.05, 3.63) is 41.7 Å². The Morgan fingerprint density at radius 3 is 2.85 bits per heavy atom. The molecule has 3 atom stereocenters. The van der Waals surface area contributed by atoms with Gasteiger partial charge in [-0.2, -0.15) is 0 Å². The number of fused-ring (bicyclic) bond motifs is 1. The van der Waals surface area contributed by atoms with Gasteiger partial charge in [-0.05, 0) is 32.1 Å². The summed E-state index contributed by atoms with van der Waals surface area (Å²) in [6.07, 6.45) is 3.71. The van der Waals surface area contributed by atoms with Crippen LogP contribution in [0.2, 0.25) is 0 Å². The van der Waals surface area contributed by atoms with Gasteiger partial charge in [0.1, 0.15) is 17.0 Å². The van der Waals surface area contributed by atoms with Crippen molar-refractivity contribution < 1.29 is 14.4 Å². The maximum absolute atomic E-state index is 13.3. The average molecular weight is 354 g/mol. The van der Waals surface area contributed by atoms with Crippen molar-refractivity contribution in [1.82, 2.24) is 10.1 Å². The van der Waals surface area contributed by atoms with E-state index in [1.165, 1.54) is 0 Å². The highest BCUT2D eigenvalue weighted by Crippen LogP contribution is 2.44. The molecule has 26 heavy (non-hydrogen) atoms. The first-order valence-electron chi connectivity index (χ1n) is 9.57. The van der Waals surface area contributed by atoms with Crippen LogP contribution in [0.1, 0.15) is 48.7 Å². The monoisotopic (exact) mass is 354 g/mol. The summed E-state index contributed by atoms with van der Waals surface area (Å²) >= 11 is 0. The predicted octanol–water partition coefficient (Wildman–Crippen LogP) is 3.66. The molecule has 1 aromatic heterocycles. The summed E-state index contributed by atoms with van der Waals surface area (Å²) in [7, 11) is 0. The van der Waals surface area contributed by atoms with Crippen molar-refractivity contribution in [3.8, 4) is 11.3 Å². The maximum Gasteiger partial charge on any atom is 0.259 e. The summed E-state index contributed by atoms with van der Waals surface area (Å²) < 4.78 is 5.36. The standard InChI is InChI=1S/C21H26N2O3/c1-3-21(25)11-7-10-16-12-23(13-17(16)21)20(24)18-14(2)26-22-19(18)15-8-5-4-6-9-15/h4-6,8-9,16-17,25H,3,7,10-13H2,1-2H3/t16-,17+,21-/m0/s1. The molecular weight excluding hydrogens is 328 g/mol. The second-order valence-electron chi connectivity index (χ2n) is 7.75. The summed E-state index contributed by atoms with van der Waals surface area (Å²) in [5.74, 6) is 1.08. The lowest BCUT2D eigenvalue weighted by atomic mass is 9.69. The fraction of sp³-hybridized carbons (Fsp3) is 0.524. The van der Waals surface area contributed by atoms with E-state index in [9.17, 15) is 9.90 Å². The predicted molar refractivity (Wildman–Crippen MR) is 98.7 cm³/mol. The highest BCUT2D eigenvalue weighted by atomic mass is 16.5. The molecule has 1 aliphatic carbocycles. The zero-order valence-corrected chi connectivity index (χ0v) is 15.4. The highest BCUT2D eigenvalue weighted by molar-refractivity contribution is 6.01. The second kappa shape index (κ2) is 6.54. The number of aliphatic hydroxyl groups is 1. The number of carbonyl (C=O) groups excluding carboxylic acids is 1. The molecule has 2 aromatic rings. The van der Waals surface area contributed by atoms with E-state index >= 15 is 0 Å². The Kier molecular flexibility index (Phi) is 4.35. The van der Waals surface area contributed by atoms with Gasteiger partial charge in [0, 0.05) is 24.6 Å². The van der Waals surface area contributed by atoms with Gasteiger partial charge in [0.2, 0.25) is 0 Å². The molecule has 0 bridgehead atoms. The number of benzene rings is 1. The topological polar surface area (TPSA) is 66.6 Å². The first-order chi connectivity index (χ1) is 12.5. The van der Waals surface area contributed by atoms with Gasteiger partial charge >= 0.3 is 0 Å². The third-order valence-electron chi connectivity index (χ3n) is 6.34. The number of aromatic nitrogens is 1. The normalized spacial score (nSPS) is 28.2. The first-order valence-corrected chi connectivity index (χ1v) is 9.57. The zero-order chi connectivity index (χ0) is 18.3. The average Bonchev–Trinajstić information content (AvgIpc) is 3.27. The Morgan fingerprint density at radius 2 is 2.12 bits per heavy atom. The van der Waals surface area contributed by atoms with Crippen molar-refractivity contribution in [2.45, 2.75) is 45.1 Å². The fourth-order valence-corrected chi connectivity index (χ4v) is 4.81. The minimum atomic E-state index is -0.635. The molecule has 2 aliphatic rings. The largest absolute Gasteiger partial charge is 0.390 e. The van der Waals surface area contributed by atoms with Crippen LogP contribution >= 0.6 is 0 Å². The molecule has 1 saturated heterocycles. The Morgan fingerprint density at radius 1 is 1.35 bits per heavy atom. The molecule has 0 unspecified atom stereocenters. The Hall–Kier alpha value is -2.14.